The number of hydrogen-bond acceptors (Lipinski definition) is 2. The van der Waals surface area contributed by atoms with Crippen LogP contribution in [-0.2, 0) is 0 Å². The lowest BCUT2D eigenvalue weighted by Crippen LogP contribution is -1.97. The van der Waals surface area contributed by atoms with E-state index >= 15 is 0 Å². The Bertz CT molecular complexity index is 388. The highest BCUT2D eigenvalue weighted by Crippen LogP contribution is 2.24. The van der Waals surface area contributed by atoms with Crippen molar-refractivity contribution >= 4 is 12.0 Å². The van der Waals surface area contributed by atoms with Crippen LogP contribution in [0.3, 0.4) is 0 Å². The summed E-state index contributed by atoms with van der Waals surface area (Å²) in [5.41, 5.74) is 1.47. The highest BCUT2D eigenvalue weighted by molar-refractivity contribution is 5.92. The van der Waals surface area contributed by atoms with Gasteiger partial charge < -0.3 is 10.2 Å². The third-order valence-electron chi connectivity index (χ3n) is 1.74. The predicted molar refractivity (Wildman–Crippen MR) is 54.4 cm³/mol. The molecule has 0 saturated heterocycles. The van der Waals surface area contributed by atoms with Crippen LogP contribution < -0.4 is 0 Å². The monoisotopic (exact) mass is 192 g/mol. The maximum absolute atomic E-state index is 10.7. The number of aromatic hydroxyl groups is 1. The largest absolute Gasteiger partial charge is 0.506 e. The number of carboxylic acids is 1. The van der Waals surface area contributed by atoms with Crippen molar-refractivity contribution in [3.05, 3.63) is 34.9 Å². The van der Waals surface area contributed by atoms with Crippen molar-refractivity contribution in [1.82, 2.24) is 0 Å². The Balaban J connectivity index is 3.28. The first-order chi connectivity index (χ1) is 6.52. The molecule has 1 aromatic rings. The van der Waals surface area contributed by atoms with Crippen LogP contribution in [0, 0.1) is 0 Å². The van der Waals surface area contributed by atoms with Gasteiger partial charge in [-0.05, 0) is 19.9 Å². The number of rotatable bonds is 2. The number of phenols is 1. The van der Waals surface area contributed by atoms with Gasteiger partial charge in [-0.1, -0.05) is 23.8 Å². The van der Waals surface area contributed by atoms with Gasteiger partial charge in [0.25, 0.3) is 0 Å². The average molecular weight is 192 g/mol. The Morgan fingerprint density at radius 2 is 2.00 bits per heavy atom. The topological polar surface area (TPSA) is 57.5 Å². The lowest BCUT2D eigenvalue weighted by Gasteiger charge is -2.03. The summed E-state index contributed by atoms with van der Waals surface area (Å²) in [6.45, 7) is 3.76. The standard InChI is InChI=1S/C11H12O3/c1-7(2)6-8-4-3-5-9(10(8)12)11(13)14/h3-6,12H,1-2H3,(H,13,14). The minimum absolute atomic E-state index is 0.0694. The first-order valence-electron chi connectivity index (χ1n) is 4.22. The zero-order valence-electron chi connectivity index (χ0n) is 8.11. The molecule has 14 heavy (non-hydrogen) atoms. The smallest absolute Gasteiger partial charge is 0.339 e. The molecule has 74 valence electrons. The fraction of sp³-hybridized carbons (Fsp3) is 0.182. The highest BCUT2D eigenvalue weighted by atomic mass is 16.4. The molecule has 0 radical (unpaired) electrons. The second kappa shape index (κ2) is 3.96. The van der Waals surface area contributed by atoms with Gasteiger partial charge in [0.15, 0.2) is 0 Å². The van der Waals surface area contributed by atoms with E-state index in [1.54, 1.807) is 18.2 Å². The fourth-order valence-corrected chi connectivity index (χ4v) is 1.16. The van der Waals surface area contributed by atoms with E-state index in [9.17, 15) is 9.90 Å². The summed E-state index contributed by atoms with van der Waals surface area (Å²) < 4.78 is 0. The summed E-state index contributed by atoms with van der Waals surface area (Å²) in [5.74, 6) is -1.30. The molecule has 1 aromatic carbocycles. The summed E-state index contributed by atoms with van der Waals surface area (Å²) >= 11 is 0. The summed E-state index contributed by atoms with van der Waals surface area (Å²) in [6.07, 6.45) is 1.74. The highest BCUT2D eigenvalue weighted by Gasteiger charge is 2.10. The van der Waals surface area contributed by atoms with Crippen LogP contribution in [0.5, 0.6) is 5.75 Å². The number of aromatic carboxylic acids is 1. The van der Waals surface area contributed by atoms with Gasteiger partial charge in [-0.25, -0.2) is 4.79 Å². The Kier molecular flexibility index (Phi) is 2.92. The van der Waals surface area contributed by atoms with Crippen LogP contribution >= 0.6 is 0 Å². The van der Waals surface area contributed by atoms with E-state index in [0.717, 1.165) is 5.57 Å². The van der Waals surface area contributed by atoms with Crippen molar-refractivity contribution in [3.8, 4) is 5.75 Å². The van der Waals surface area contributed by atoms with Crippen LogP contribution in [0.4, 0.5) is 0 Å². The Labute approximate surface area is 82.3 Å². The van der Waals surface area contributed by atoms with Crippen molar-refractivity contribution in [3.63, 3.8) is 0 Å². The van der Waals surface area contributed by atoms with Gasteiger partial charge >= 0.3 is 5.97 Å². The molecule has 0 aliphatic carbocycles. The van der Waals surface area contributed by atoms with Gasteiger partial charge in [0.1, 0.15) is 11.3 Å². The van der Waals surface area contributed by atoms with E-state index in [0.29, 0.717) is 5.56 Å². The fourth-order valence-electron chi connectivity index (χ4n) is 1.16. The molecule has 0 atom stereocenters. The Morgan fingerprint density at radius 3 is 2.50 bits per heavy atom. The molecule has 0 unspecified atom stereocenters. The Morgan fingerprint density at radius 1 is 1.36 bits per heavy atom. The molecule has 0 aliphatic heterocycles. The molecule has 3 nitrogen and oxygen atoms in total. The van der Waals surface area contributed by atoms with Crippen LogP contribution in [-0.4, -0.2) is 16.2 Å². The molecule has 1 rings (SSSR count). The van der Waals surface area contributed by atoms with Gasteiger partial charge in [-0.15, -0.1) is 0 Å². The van der Waals surface area contributed by atoms with Crippen molar-refractivity contribution in [2.24, 2.45) is 0 Å². The summed E-state index contributed by atoms with van der Waals surface area (Å²) in [6, 6.07) is 4.66. The third kappa shape index (κ3) is 2.13. The SMILES string of the molecule is CC(C)=Cc1cccc(C(=O)O)c1O. The van der Waals surface area contributed by atoms with Gasteiger partial charge in [-0.3, -0.25) is 0 Å². The number of hydrogen-bond donors (Lipinski definition) is 2. The van der Waals surface area contributed by atoms with E-state index in [2.05, 4.69) is 0 Å². The molecule has 0 saturated carbocycles. The van der Waals surface area contributed by atoms with E-state index in [1.165, 1.54) is 6.07 Å². The summed E-state index contributed by atoms with van der Waals surface area (Å²) in [5, 5.41) is 18.3. The molecule has 0 heterocycles. The first kappa shape index (κ1) is 10.3. The number of para-hydroxylation sites is 1. The second-order valence-corrected chi connectivity index (χ2v) is 3.27. The Hall–Kier alpha value is -1.77. The predicted octanol–water partition coefficient (Wildman–Crippen LogP) is 2.51. The zero-order chi connectivity index (χ0) is 10.7. The van der Waals surface area contributed by atoms with Gasteiger partial charge in [-0.2, -0.15) is 0 Å². The van der Waals surface area contributed by atoms with Crippen LogP contribution in [0.15, 0.2) is 23.8 Å². The molecule has 0 bridgehead atoms. The van der Waals surface area contributed by atoms with E-state index in [-0.39, 0.29) is 11.3 Å². The maximum Gasteiger partial charge on any atom is 0.339 e. The zero-order valence-corrected chi connectivity index (χ0v) is 8.11. The quantitative estimate of drug-likeness (QED) is 0.756. The van der Waals surface area contributed by atoms with Crippen molar-refractivity contribution in [2.45, 2.75) is 13.8 Å². The average Bonchev–Trinajstić information content (AvgIpc) is 2.07. The molecule has 0 aliphatic rings. The molecular formula is C11H12O3. The minimum Gasteiger partial charge on any atom is -0.506 e. The number of benzene rings is 1. The van der Waals surface area contributed by atoms with Crippen molar-refractivity contribution in [2.75, 3.05) is 0 Å². The van der Waals surface area contributed by atoms with E-state index in [1.807, 2.05) is 13.8 Å². The molecule has 0 aromatic heterocycles. The normalized spacial score (nSPS) is 9.57. The van der Waals surface area contributed by atoms with Gasteiger partial charge in [0, 0.05) is 5.56 Å². The summed E-state index contributed by atoms with van der Waals surface area (Å²) in [7, 11) is 0. The van der Waals surface area contributed by atoms with Gasteiger partial charge in [0.05, 0.1) is 0 Å². The van der Waals surface area contributed by atoms with Gasteiger partial charge in [0.2, 0.25) is 0 Å². The minimum atomic E-state index is -1.12. The van der Waals surface area contributed by atoms with E-state index in [4.69, 9.17) is 5.11 Å². The second-order valence-electron chi connectivity index (χ2n) is 3.27. The summed E-state index contributed by atoms with van der Waals surface area (Å²) in [4.78, 5) is 10.7. The lowest BCUT2D eigenvalue weighted by molar-refractivity contribution is 0.0693. The number of carboxylic acid groups (broad SMARTS) is 1. The molecule has 0 spiro atoms. The van der Waals surface area contributed by atoms with Crippen LogP contribution in [0.2, 0.25) is 0 Å². The van der Waals surface area contributed by atoms with E-state index < -0.39 is 5.97 Å². The molecule has 2 N–H and O–H groups in total. The van der Waals surface area contributed by atoms with Crippen molar-refractivity contribution in [1.29, 1.82) is 0 Å². The van der Waals surface area contributed by atoms with Crippen LogP contribution in [0.25, 0.3) is 6.08 Å². The number of allylic oxidation sites excluding steroid dienone is 1. The third-order valence-corrected chi connectivity index (χ3v) is 1.74. The first-order valence-corrected chi connectivity index (χ1v) is 4.22. The molecule has 3 heteroatoms. The van der Waals surface area contributed by atoms with Crippen molar-refractivity contribution < 1.29 is 15.0 Å². The maximum atomic E-state index is 10.7. The molecule has 0 fully saturated rings. The lowest BCUT2D eigenvalue weighted by atomic mass is 10.1. The van der Waals surface area contributed by atoms with Crippen LogP contribution in [0.1, 0.15) is 29.8 Å². The molecular weight excluding hydrogens is 180 g/mol. The molecule has 0 amide bonds. The number of carbonyl (C=O) groups is 1.